The Morgan fingerprint density at radius 3 is 2.83 bits per heavy atom. The highest BCUT2D eigenvalue weighted by molar-refractivity contribution is 8.13. The third-order valence-electron chi connectivity index (χ3n) is 0.992. The summed E-state index contributed by atoms with van der Waals surface area (Å²) in [5, 5.41) is 7.04. The lowest BCUT2D eigenvalue weighted by Gasteiger charge is -1.95. The zero-order valence-electron chi connectivity index (χ0n) is 6.23. The van der Waals surface area contributed by atoms with E-state index in [1.807, 2.05) is 0 Å². The van der Waals surface area contributed by atoms with Gasteiger partial charge in [0, 0.05) is 24.3 Å². The van der Waals surface area contributed by atoms with Crippen LogP contribution in [-0.2, 0) is 5.75 Å². The van der Waals surface area contributed by atoms with Crippen LogP contribution in [-0.4, -0.2) is 15.1 Å². The summed E-state index contributed by atoms with van der Waals surface area (Å²) < 4.78 is 0. The Bertz CT molecular complexity index is 241. The van der Waals surface area contributed by atoms with Crippen molar-refractivity contribution in [3.8, 4) is 0 Å². The molecule has 0 aliphatic heterocycles. The molecular weight excluding hydrogens is 196 g/mol. The molecule has 12 heavy (non-hydrogen) atoms. The standard InChI is InChI=1S/C6H8N4S.ClH/c7-6(8)11-4-5-3-9-1-2-10-5;/h1-3H,4H2,(H3,7,8);1H. The van der Waals surface area contributed by atoms with Gasteiger partial charge in [-0.2, -0.15) is 0 Å². The maximum Gasteiger partial charge on any atom is 0.151 e. The van der Waals surface area contributed by atoms with Crippen LogP contribution in [0.5, 0.6) is 0 Å². The maximum atomic E-state index is 6.94. The molecule has 0 aliphatic carbocycles. The molecule has 0 bridgehead atoms. The normalized spacial score (nSPS) is 8.67. The second-order valence-electron chi connectivity index (χ2n) is 1.85. The van der Waals surface area contributed by atoms with Gasteiger partial charge in [-0.25, -0.2) is 0 Å². The summed E-state index contributed by atoms with van der Waals surface area (Å²) in [6.45, 7) is 0. The van der Waals surface area contributed by atoms with E-state index in [-0.39, 0.29) is 17.6 Å². The second-order valence-corrected chi connectivity index (χ2v) is 2.87. The Hall–Kier alpha value is -0.810. The van der Waals surface area contributed by atoms with Gasteiger partial charge in [0.15, 0.2) is 5.17 Å². The average Bonchev–Trinajstić information content (AvgIpc) is 2.03. The third-order valence-corrected chi connectivity index (χ3v) is 1.74. The Balaban J connectivity index is 0.00000121. The number of aromatic nitrogens is 2. The van der Waals surface area contributed by atoms with Crippen molar-refractivity contribution in [2.24, 2.45) is 5.73 Å². The van der Waals surface area contributed by atoms with Crippen LogP contribution in [0, 0.1) is 5.41 Å². The van der Waals surface area contributed by atoms with E-state index in [1.165, 1.54) is 11.8 Å². The van der Waals surface area contributed by atoms with E-state index in [0.717, 1.165) is 5.69 Å². The van der Waals surface area contributed by atoms with Crippen molar-refractivity contribution in [3.63, 3.8) is 0 Å². The Labute approximate surface area is 80.9 Å². The summed E-state index contributed by atoms with van der Waals surface area (Å²) in [5.74, 6) is 0.614. The highest BCUT2D eigenvalue weighted by atomic mass is 35.5. The molecule has 0 aromatic carbocycles. The van der Waals surface area contributed by atoms with E-state index >= 15 is 0 Å². The molecule has 4 nitrogen and oxygen atoms in total. The highest BCUT2D eigenvalue weighted by Crippen LogP contribution is 2.06. The molecule has 0 spiro atoms. The van der Waals surface area contributed by atoms with Crippen LogP contribution in [0.3, 0.4) is 0 Å². The molecule has 0 radical (unpaired) electrons. The van der Waals surface area contributed by atoms with E-state index in [4.69, 9.17) is 11.1 Å². The van der Waals surface area contributed by atoms with E-state index in [2.05, 4.69) is 9.97 Å². The van der Waals surface area contributed by atoms with Crippen molar-refractivity contribution >= 4 is 29.3 Å². The van der Waals surface area contributed by atoms with Crippen molar-refractivity contribution in [1.82, 2.24) is 9.97 Å². The monoisotopic (exact) mass is 204 g/mol. The van der Waals surface area contributed by atoms with Gasteiger partial charge in [-0.1, -0.05) is 11.8 Å². The van der Waals surface area contributed by atoms with Crippen LogP contribution in [0.4, 0.5) is 0 Å². The van der Waals surface area contributed by atoms with Gasteiger partial charge >= 0.3 is 0 Å². The van der Waals surface area contributed by atoms with Gasteiger partial charge in [0.25, 0.3) is 0 Å². The second kappa shape index (κ2) is 5.79. The Morgan fingerprint density at radius 2 is 2.33 bits per heavy atom. The van der Waals surface area contributed by atoms with Crippen LogP contribution in [0.2, 0.25) is 0 Å². The van der Waals surface area contributed by atoms with E-state index in [1.54, 1.807) is 18.6 Å². The first-order valence-electron chi connectivity index (χ1n) is 3.01. The lowest BCUT2D eigenvalue weighted by atomic mass is 10.5. The first kappa shape index (κ1) is 11.2. The molecule has 1 heterocycles. The van der Waals surface area contributed by atoms with Gasteiger partial charge < -0.3 is 5.73 Å². The largest absolute Gasteiger partial charge is 0.379 e. The fraction of sp³-hybridized carbons (Fsp3) is 0.167. The fourth-order valence-electron chi connectivity index (χ4n) is 0.556. The summed E-state index contributed by atoms with van der Waals surface area (Å²) in [4.78, 5) is 7.89. The van der Waals surface area contributed by atoms with E-state index in [9.17, 15) is 0 Å². The molecular formula is C6H9ClN4S. The number of nitrogens with two attached hydrogens (primary N) is 1. The first-order chi connectivity index (χ1) is 5.29. The maximum absolute atomic E-state index is 6.94. The number of halogens is 1. The molecule has 1 aromatic rings. The summed E-state index contributed by atoms with van der Waals surface area (Å²) in [6.07, 6.45) is 4.90. The molecule has 6 heteroatoms. The van der Waals surface area contributed by atoms with Crippen LogP contribution < -0.4 is 5.73 Å². The summed E-state index contributed by atoms with van der Waals surface area (Å²) in [7, 11) is 0. The minimum Gasteiger partial charge on any atom is -0.379 e. The molecule has 3 N–H and O–H groups in total. The molecule has 0 fully saturated rings. The summed E-state index contributed by atoms with van der Waals surface area (Å²) in [6, 6.07) is 0. The average molecular weight is 205 g/mol. The Kier molecular flexibility index (Phi) is 5.40. The molecule has 0 unspecified atom stereocenters. The molecule has 0 aliphatic rings. The number of rotatable bonds is 2. The number of nitrogens with one attached hydrogen (secondary N) is 1. The van der Waals surface area contributed by atoms with Gasteiger partial charge in [-0.3, -0.25) is 15.4 Å². The molecule has 1 aromatic heterocycles. The number of nitrogens with zero attached hydrogens (tertiary/aromatic N) is 2. The number of hydrogen-bond donors (Lipinski definition) is 2. The number of hydrogen-bond acceptors (Lipinski definition) is 4. The van der Waals surface area contributed by atoms with Gasteiger partial charge in [-0.05, 0) is 0 Å². The molecule has 0 atom stereocenters. The van der Waals surface area contributed by atoms with E-state index < -0.39 is 0 Å². The van der Waals surface area contributed by atoms with Crippen molar-refractivity contribution in [2.45, 2.75) is 5.75 Å². The molecule has 1 rings (SSSR count). The lowest BCUT2D eigenvalue weighted by molar-refractivity contribution is 1.10. The fourth-order valence-corrected chi connectivity index (χ4v) is 1.01. The van der Waals surface area contributed by atoms with Gasteiger partial charge in [0.05, 0.1) is 5.69 Å². The summed E-state index contributed by atoms with van der Waals surface area (Å²) >= 11 is 1.24. The van der Waals surface area contributed by atoms with Crippen molar-refractivity contribution in [1.29, 1.82) is 5.41 Å². The van der Waals surface area contributed by atoms with Crippen LogP contribution in [0.15, 0.2) is 18.6 Å². The first-order valence-corrected chi connectivity index (χ1v) is 3.99. The zero-order valence-corrected chi connectivity index (χ0v) is 7.86. The minimum atomic E-state index is 0. The Morgan fingerprint density at radius 1 is 1.58 bits per heavy atom. The third kappa shape index (κ3) is 4.15. The van der Waals surface area contributed by atoms with Gasteiger partial charge in [0.2, 0.25) is 0 Å². The van der Waals surface area contributed by atoms with Crippen molar-refractivity contribution in [3.05, 3.63) is 24.3 Å². The van der Waals surface area contributed by atoms with Gasteiger partial charge in [-0.15, -0.1) is 12.4 Å². The van der Waals surface area contributed by atoms with Crippen LogP contribution in [0.1, 0.15) is 5.69 Å². The van der Waals surface area contributed by atoms with Crippen LogP contribution in [0.25, 0.3) is 0 Å². The molecule has 0 amide bonds. The van der Waals surface area contributed by atoms with Gasteiger partial charge in [0.1, 0.15) is 0 Å². The zero-order chi connectivity index (χ0) is 8.10. The highest BCUT2D eigenvalue weighted by Gasteiger charge is 1.94. The predicted octanol–water partition coefficient (Wildman–Crippen LogP) is 1.03. The molecule has 0 saturated heterocycles. The summed E-state index contributed by atoms with van der Waals surface area (Å²) in [5.41, 5.74) is 5.98. The molecule has 66 valence electrons. The smallest absolute Gasteiger partial charge is 0.151 e. The number of amidine groups is 1. The van der Waals surface area contributed by atoms with Crippen molar-refractivity contribution in [2.75, 3.05) is 0 Å². The lowest BCUT2D eigenvalue weighted by Crippen LogP contribution is -2.04. The quantitative estimate of drug-likeness (QED) is 0.557. The topological polar surface area (TPSA) is 75.7 Å². The number of thioether (sulfide) groups is 1. The van der Waals surface area contributed by atoms with Crippen molar-refractivity contribution < 1.29 is 0 Å². The SMILES string of the molecule is Cl.N=C(N)SCc1cnccn1. The minimum absolute atomic E-state index is 0. The van der Waals surface area contributed by atoms with Crippen LogP contribution >= 0.6 is 24.2 Å². The predicted molar refractivity (Wildman–Crippen MR) is 52.5 cm³/mol. The van der Waals surface area contributed by atoms with E-state index in [0.29, 0.717) is 5.75 Å². The molecule has 0 saturated carbocycles.